The zero-order chi connectivity index (χ0) is 33.5. The molecular formula is C36H24O10S2. The third-order valence-electron chi connectivity index (χ3n) is 7.32. The highest BCUT2D eigenvalue weighted by Crippen LogP contribution is 2.38. The first kappa shape index (κ1) is 30.7. The molecule has 6 aromatic rings. The van der Waals surface area contributed by atoms with Gasteiger partial charge in [0, 0.05) is 12.1 Å². The highest BCUT2D eigenvalue weighted by atomic mass is 32.2. The molecule has 12 bridgehead atoms. The van der Waals surface area contributed by atoms with Crippen molar-refractivity contribution in [3.63, 3.8) is 0 Å². The quantitative estimate of drug-likeness (QED) is 0.161. The van der Waals surface area contributed by atoms with Crippen LogP contribution in [-0.2, 0) is 19.7 Å². The minimum absolute atomic E-state index is 0.0325. The second-order valence-electron chi connectivity index (χ2n) is 10.6. The molecule has 0 aromatic heterocycles. The molecule has 12 heteroatoms. The van der Waals surface area contributed by atoms with Crippen molar-refractivity contribution in [2.75, 3.05) is 0 Å². The molecule has 0 saturated heterocycles. The normalized spacial score (nSPS) is 14.5. The summed E-state index contributed by atoms with van der Waals surface area (Å²) in [5.41, 5.74) is 0. The van der Waals surface area contributed by atoms with E-state index in [1.54, 1.807) is 12.1 Å². The highest BCUT2D eigenvalue weighted by Gasteiger charge is 2.20. The maximum Gasteiger partial charge on any atom is 0.206 e. The van der Waals surface area contributed by atoms with Crippen LogP contribution >= 0.6 is 0 Å². The van der Waals surface area contributed by atoms with Crippen molar-refractivity contribution in [3.05, 3.63) is 133 Å². The van der Waals surface area contributed by atoms with Crippen molar-refractivity contribution >= 4 is 19.7 Å². The summed E-state index contributed by atoms with van der Waals surface area (Å²) in [4.78, 5) is 0.142. The average molecular weight is 681 g/mol. The third-order valence-corrected chi connectivity index (χ3v) is 10.9. The minimum Gasteiger partial charge on any atom is -0.504 e. The van der Waals surface area contributed by atoms with Gasteiger partial charge in [0.1, 0.15) is 34.5 Å². The number of phenolic OH excluding ortho intramolecular Hbond substituents is 2. The van der Waals surface area contributed by atoms with E-state index in [2.05, 4.69) is 0 Å². The van der Waals surface area contributed by atoms with Gasteiger partial charge in [0.2, 0.25) is 19.7 Å². The van der Waals surface area contributed by atoms with Crippen molar-refractivity contribution in [3.8, 4) is 57.5 Å². The highest BCUT2D eigenvalue weighted by molar-refractivity contribution is 7.91. The van der Waals surface area contributed by atoms with Gasteiger partial charge in [-0.15, -0.1) is 0 Å². The zero-order valence-corrected chi connectivity index (χ0v) is 26.3. The van der Waals surface area contributed by atoms with E-state index in [1.807, 2.05) is 0 Å². The first-order chi connectivity index (χ1) is 23.0. The Morgan fingerprint density at radius 3 is 0.854 bits per heavy atom. The molecule has 0 unspecified atom stereocenters. The van der Waals surface area contributed by atoms with Gasteiger partial charge >= 0.3 is 0 Å². The van der Waals surface area contributed by atoms with E-state index < -0.39 is 19.7 Å². The summed E-state index contributed by atoms with van der Waals surface area (Å²) in [5, 5.41) is 21.2. The van der Waals surface area contributed by atoms with E-state index in [4.69, 9.17) is 18.9 Å². The summed E-state index contributed by atoms with van der Waals surface area (Å²) in [7, 11) is -7.75. The number of hydrogen-bond acceptors (Lipinski definition) is 10. The Morgan fingerprint density at radius 1 is 0.333 bits per heavy atom. The fourth-order valence-corrected chi connectivity index (χ4v) is 7.36. The van der Waals surface area contributed by atoms with E-state index in [9.17, 15) is 27.0 Å². The van der Waals surface area contributed by atoms with Crippen LogP contribution in [-0.4, -0.2) is 27.0 Å². The summed E-state index contributed by atoms with van der Waals surface area (Å²) < 4.78 is 76.3. The summed E-state index contributed by atoms with van der Waals surface area (Å²) in [6.07, 6.45) is 0. The van der Waals surface area contributed by atoms with Crippen LogP contribution in [0.1, 0.15) is 0 Å². The maximum absolute atomic E-state index is 13.3. The Labute approximate surface area is 275 Å². The lowest BCUT2D eigenvalue weighted by molar-refractivity contribution is 0.404. The SMILES string of the molecule is O=S1(=O)c2ccc(cc2)Oc2ccc(c(O)c2)Oc2ccc(cc2)S(=O)(=O)c2ccc(cc2)Oc2ccc(c(O)c2)Oc2ccc1cc2. The lowest BCUT2D eigenvalue weighted by Crippen LogP contribution is -2.02. The van der Waals surface area contributed by atoms with Gasteiger partial charge in [-0.3, -0.25) is 0 Å². The molecule has 0 radical (unpaired) electrons. The lowest BCUT2D eigenvalue weighted by atomic mass is 10.3. The molecule has 240 valence electrons. The largest absolute Gasteiger partial charge is 0.504 e. The number of aromatic hydroxyl groups is 2. The van der Waals surface area contributed by atoms with Crippen LogP contribution in [0.5, 0.6) is 57.5 Å². The zero-order valence-electron chi connectivity index (χ0n) is 24.7. The first-order valence-corrected chi connectivity index (χ1v) is 17.3. The molecule has 6 aromatic carbocycles. The second-order valence-corrected chi connectivity index (χ2v) is 14.5. The van der Waals surface area contributed by atoms with Crippen LogP contribution in [0.3, 0.4) is 0 Å². The molecule has 0 fully saturated rings. The average Bonchev–Trinajstić information content (AvgIpc) is 3.08. The van der Waals surface area contributed by atoms with E-state index >= 15 is 0 Å². The van der Waals surface area contributed by atoms with Gasteiger partial charge in [0.05, 0.1) is 19.6 Å². The molecule has 0 amide bonds. The van der Waals surface area contributed by atoms with Gasteiger partial charge in [0.15, 0.2) is 23.0 Å². The number of benzene rings is 6. The molecule has 10 nitrogen and oxygen atoms in total. The Hall–Kier alpha value is -5.98. The van der Waals surface area contributed by atoms with E-state index in [0.29, 0.717) is 11.5 Å². The molecular weight excluding hydrogens is 657 g/mol. The van der Waals surface area contributed by atoms with Gasteiger partial charge in [-0.1, -0.05) is 0 Å². The van der Waals surface area contributed by atoms with Crippen molar-refractivity contribution in [2.45, 2.75) is 19.6 Å². The maximum atomic E-state index is 13.3. The molecule has 10 aliphatic heterocycles. The van der Waals surface area contributed by atoms with Gasteiger partial charge < -0.3 is 29.2 Å². The Balaban J connectivity index is 1.24. The summed E-state index contributed by atoms with van der Waals surface area (Å²) in [6.45, 7) is 0. The van der Waals surface area contributed by atoms with Crippen LogP contribution in [0.4, 0.5) is 0 Å². The van der Waals surface area contributed by atoms with Crippen LogP contribution in [0.2, 0.25) is 0 Å². The summed E-state index contributed by atoms with van der Waals surface area (Å²) in [5.74, 6) is 1.50. The first-order valence-electron chi connectivity index (χ1n) is 14.3. The summed E-state index contributed by atoms with van der Waals surface area (Å²) >= 11 is 0. The van der Waals surface area contributed by atoms with Crippen molar-refractivity contribution in [1.29, 1.82) is 0 Å². The summed E-state index contributed by atoms with van der Waals surface area (Å²) in [6, 6.07) is 31.8. The smallest absolute Gasteiger partial charge is 0.206 e. The predicted molar refractivity (Wildman–Crippen MR) is 173 cm³/mol. The van der Waals surface area contributed by atoms with E-state index in [0.717, 1.165) is 0 Å². The number of sulfone groups is 2. The van der Waals surface area contributed by atoms with Crippen molar-refractivity contribution in [1.82, 2.24) is 0 Å². The molecule has 48 heavy (non-hydrogen) atoms. The number of hydrogen-bond donors (Lipinski definition) is 2. The number of rotatable bonds is 0. The van der Waals surface area contributed by atoms with Gasteiger partial charge in [-0.25, -0.2) is 16.8 Å². The number of ether oxygens (including phenoxy) is 4. The van der Waals surface area contributed by atoms with Crippen molar-refractivity contribution in [2.24, 2.45) is 0 Å². The lowest BCUT2D eigenvalue weighted by Gasteiger charge is -2.13. The topological polar surface area (TPSA) is 146 Å². The minimum atomic E-state index is -3.88. The predicted octanol–water partition coefficient (Wildman–Crippen LogP) is 8.25. The Bertz CT molecular complexity index is 2180. The molecule has 16 rings (SSSR count). The fraction of sp³-hybridized carbons (Fsp3) is 0. The van der Waals surface area contributed by atoms with Crippen molar-refractivity contribution < 1.29 is 46.0 Å². The molecule has 10 heterocycles. The van der Waals surface area contributed by atoms with Crippen LogP contribution in [0.15, 0.2) is 153 Å². The third kappa shape index (κ3) is 6.09. The van der Waals surface area contributed by atoms with Gasteiger partial charge in [0.25, 0.3) is 0 Å². The molecule has 0 spiro atoms. The monoisotopic (exact) mass is 680 g/mol. The molecule has 0 aliphatic carbocycles. The van der Waals surface area contributed by atoms with Gasteiger partial charge in [-0.2, -0.15) is 0 Å². The molecule has 10 aliphatic rings. The Morgan fingerprint density at radius 2 is 0.583 bits per heavy atom. The molecule has 2 N–H and O–H groups in total. The fourth-order valence-electron chi connectivity index (χ4n) is 4.84. The van der Waals surface area contributed by atoms with Crippen LogP contribution < -0.4 is 18.9 Å². The Kier molecular flexibility index (Phi) is 7.66. The van der Waals surface area contributed by atoms with Gasteiger partial charge in [-0.05, 0) is 121 Å². The van der Waals surface area contributed by atoms with Crippen LogP contribution in [0, 0.1) is 0 Å². The molecule has 0 atom stereocenters. The second kappa shape index (κ2) is 12.0. The number of phenols is 2. The standard InChI is InChI=1S/C36H24O10S2/c37-33-21-27-9-19-35(33)45-26-7-17-32(18-8-26)48(41,42)30-13-3-24(4-14-30)44-28-10-20-36(34(38)22-28)46-25-5-15-31(16-6-25)47(39,40)29-11-1-23(43-27)2-12-29/h1-22,37-38H. The van der Waals surface area contributed by atoms with Crippen LogP contribution in [0.25, 0.3) is 0 Å². The van der Waals surface area contributed by atoms with E-state index in [1.165, 1.54) is 121 Å². The van der Waals surface area contributed by atoms with E-state index in [-0.39, 0.29) is 65.6 Å². The molecule has 0 saturated carbocycles.